The second kappa shape index (κ2) is 9.55. The zero-order valence-corrected chi connectivity index (χ0v) is 19.8. The largest absolute Gasteiger partial charge is 0.325 e. The van der Waals surface area contributed by atoms with Crippen molar-refractivity contribution in [2.45, 2.75) is 18.7 Å². The summed E-state index contributed by atoms with van der Waals surface area (Å²) < 4.78 is 52.7. The van der Waals surface area contributed by atoms with E-state index in [0.29, 0.717) is 17.1 Å². The van der Waals surface area contributed by atoms with Crippen LogP contribution < -0.4 is 14.3 Å². The molecule has 0 saturated carbocycles. The summed E-state index contributed by atoms with van der Waals surface area (Å²) in [5, 5.41) is 2.58. The number of sulfonamides is 2. The quantitative estimate of drug-likeness (QED) is 0.495. The third-order valence-corrected chi connectivity index (χ3v) is 6.96. The maximum Gasteiger partial charge on any atom is 0.264 e. The molecule has 1 aromatic heterocycles. The van der Waals surface area contributed by atoms with Gasteiger partial charge in [0.1, 0.15) is 6.54 Å². The summed E-state index contributed by atoms with van der Waals surface area (Å²) in [7, 11) is -7.63. The summed E-state index contributed by atoms with van der Waals surface area (Å²) >= 11 is 0. The Bertz CT molecular complexity index is 1360. The number of aromatic nitrogens is 2. The second-order valence-electron chi connectivity index (χ2n) is 7.30. The van der Waals surface area contributed by atoms with Crippen LogP contribution >= 0.6 is 0 Å². The minimum absolute atomic E-state index is 0.0515. The topological polar surface area (TPSA) is 138 Å². The van der Waals surface area contributed by atoms with Gasteiger partial charge in [0.05, 0.1) is 16.8 Å². The summed E-state index contributed by atoms with van der Waals surface area (Å²) in [5.74, 6) is -0.632. The Morgan fingerprint density at radius 1 is 0.939 bits per heavy atom. The smallest absolute Gasteiger partial charge is 0.264 e. The molecule has 1 amide bonds. The zero-order valence-electron chi connectivity index (χ0n) is 18.2. The predicted octanol–water partition coefficient (Wildman–Crippen LogP) is 2.30. The molecule has 33 heavy (non-hydrogen) atoms. The first kappa shape index (κ1) is 24.1. The van der Waals surface area contributed by atoms with E-state index >= 15 is 0 Å². The van der Waals surface area contributed by atoms with Crippen LogP contribution in [0.25, 0.3) is 0 Å². The highest BCUT2D eigenvalue weighted by molar-refractivity contribution is 7.92. The van der Waals surface area contributed by atoms with Gasteiger partial charge in [0.2, 0.25) is 21.9 Å². The summed E-state index contributed by atoms with van der Waals surface area (Å²) in [6.07, 6.45) is 2.46. The van der Waals surface area contributed by atoms with Crippen LogP contribution in [0, 0.1) is 13.8 Å². The molecule has 0 radical (unpaired) electrons. The van der Waals surface area contributed by atoms with Crippen LogP contribution in [-0.2, 0) is 24.8 Å². The van der Waals surface area contributed by atoms with Gasteiger partial charge in [-0.05, 0) is 56.3 Å². The van der Waals surface area contributed by atoms with Gasteiger partial charge in [-0.3, -0.25) is 9.10 Å². The molecule has 0 aliphatic heterocycles. The molecule has 0 unspecified atom stereocenters. The molecule has 0 fully saturated rings. The van der Waals surface area contributed by atoms with Gasteiger partial charge in [0, 0.05) is 17.6 Å². The maximum absolute atomic E-state index is 12.5. The zero-order chi connectivity index (χ0) is 24.2. The summed E-state index contributed by atoms with van der Waals surface area (Å²) in [4.78, 5) is 20.3. The number of nitrogens with zero attached hydrogens (tertiary/aromatic N) is 3. The molecule has 12 heteroatoms. The van der Waals surface area contributed by atoms with Crippen molar-refractivity contribution in [3.05, 3.63) is 72.1 Å². The lowest BCUT2D eigenvalue weighted by Gasteiger charge is -2.22. The Morgan fingerprint density at radius 2 is 1.58 bits per heavy atom. The highest BCUT2D eigenvalue weighted by Gasteiger charge is 2.21. The number of carbonyl (C=O) groups is 1. The Morgan fingerprint density at radius 3 is 2.15 bits per heavy atom. The molecular formula is C21H23N5O5S2. The van der Waals surface area contributed by atoms with Gasteiger partial charge in [-0.25, -0.2) is 31.5 Å². The van der Waals surface area contributed by atoms with Crippen LogP contribution in [0.4, 0.5) is 17.3 Å². The molecular weight excluding hydrogens is 466 g/mol. The number of carbonyl (C=O) groups excluding carboxylic acids is 1. The van der Waals surface area contributed by atoms with Gasteiger partial charge in [-0.1, -0.05) is 17.7 Å². The molecule has 0 saturated heterocycles. The van der Waals surface area contributed by atoms with E-state index in [1.54, 1.807) is 37.3 Å². The SMILES string of the molecule is Cc1ccc(N(CC(=O)Nc2ccc(S(=O)(=O)Nc3nccc(C)n3)cc2)S(C)(=O)=O)cc1. The molecule has 0 aliphatic rings. The number of rotatable bonds is 8. The number of hydrogen-bond acceptors (Lipinski definition) is 7. The van der Waals surface area contributed by atoms with Gasteiger partial charge < -0.3 is 5.32 Å². The van der Waals surface area contributed by atoms with E-state index in [9.17, 15) is 21.6 Å². The first-order valence-electron chi connectivity index (χ1n) is 9.71. The fourth-order valence-corrected chi connectivity index (χ4v) is 4.64. The number of benzene rings is 2. The van der Waals surface area contributed by atoms with Crippen molar-refractivity contribution in [2.75, 3.05) is 27.1 Å². The van der Waals surface area contributed by atoms with Gasteiger partial charge >= 0.3 is 0 Å². The fourth-order valence-electron chi connectivity index (χ4n) is 2.84. The first-order valence-corrected chi connectivity index (χ1v) is 13.0. The number of nitrogens with one attached hydrogen (secondary N) is 2. The minimum atomic E-state index is -3.93. The molecule has 10 nitrogen and oxygen atoms in total. The van der Waals surface area contributed by atoms with E-state index in [2.05, 4.69) is 20.0 Å². The van der Waals surface area contributed by atoms with Crippen molar-refractivity contribution in [1.29, 1.82) is 0 Å². The Labute approximate surface area is 192 Å². The van der Waals surface area contributed by atoms with E-state index in [-0.39, 0.29) is 10.8 Å². The molecule has 3 aromatic rings. The van der Waals surface area contributed by atoms with Crippen LogP contribution in [0.2, 0.25) is 0 Å². The van der Waals surface area contributed by atoms with Gasteiger partial charge in [-0.15, -0.1) is 0 Å². The van der Waals surface area contributed by atoms with E-state index in [0.717, 1.165) is 16.1 Å². The Balaban J connectivity index is 1.70. The predicted molar refractivity (Wildman–Crippen MR) is 126 cm³/mol. The van der Waals surface area contributed by atoms with Crippen LogP contribution in [0.5, 0.6) is 0 Å². The lowest BCUT2D eigenvalue weighted by molar-refractivity contribution is -0.114. The molecule has 0 atom stereocenters. The first-order chi connectivity index (χ1) is 15.4. The molecule has 0 spiro atoms. The normalized spacial score (nSPS) is 11.6. The highest BCUT2D eigenvalue weighted by Crippen LogP contribution is 2.19. The average molecular weight is 490 g/mol. The molecule has 1 heterocycles. The van der Waals surface area contributed by atoms with Crippen molar-refractivity contribution in [3.8, 4) is 0 Å². The fraction of sp³-hybridized carbons (Fsp3) is 0.190. The van der Waals surface area contributed by atoms with Crippen molar-refractivity contribution in [1.82, 2.24) is 9.97 Å². The molecule has 2 N–H and O–H groups in total. The van der Waals surface area contributed by atoms with Crippen LogP contribution in [0.15, 0.2) is 65.7 Å². The molecule has 174 valence electrons. The molecule has 0 bridgehead atoms. The van der Waals surface area contributed by atoms with Gasteiger partial charge in [0.15, 0.2) is 0 Å². The summed E-state index contributed by atoms with van der Waals surface area (Å²) in [5.41, 5.74) is 2.23. The molecule has 3 rings (SSSR count). The minimum Gasteiger partial charge on any atom is -0.325 e. The second-order valence-corrected chi connectivity index (χ2v) is 10.9. The van der Waals surface area contributed by atoms with Crippen molar-refractivity contribution in [2.24, 2.45) is 0 Å². The van der Waals surface area contributed by atoms with Gasteiger partial charge in [-0.2, -0.15) is 0 Å². The number of aryl methyl sites for hydroxylation is 2. The maximum atomic E-state index is 12.5. The van der Waals surface area contributed by atoms with E-state index in [1.165, 1.54) is 30.5 Å². The number of amides is 1. The molecule has 0 aliphatic carbocycles. The Hall–Kier alpha value is -3.51. The third-order valence-electron chi connectivity index (χ3n) is 4.48. The van der Waals surface area contributed by atoms with Crippen LogP contribution in [-0.4, -0.2) is 45.5 Å². The standard InChI is InChI=1S/C21H23N5O5S2/c1-15-4-8-18(9-5-15)26(32(3,28)29)14-20(27)24-17-6-10-19(11-7-17)33(30,31)25-21-22-13-12-16(2)23-21/h4-13H,14H2,1-3H3,(H,24,27)(H,22,23,25). The van der Waals surface area contributed by atoms with Crippen LogP contribution in [0.1, 0.15) is 11.3 Å². The molecule has 2 aromatic carbocycles. The van der Waals surface area contributed by atoms with Crippen molar-refractivity contribution < 1.29 is 21.6 Å². The van der Waals surface area contributed by atoms with Crippen molar-refractivity contribution in [3.63, 3.8) is 0 Å². The third kappa shape index (κ3) is 6.49. The Kier molecular flexibility index (Phi) is 6.98. The lowest BCUT2D eigenvalue weighted by atomic mass is 10.2. The number of hydrogen-bond donors (Lipinski definition) is 2. The van der Waals surface area contributed by atoms with Crippen molar-refractivity contribution >= 4 is 43.3 Å². The number of anilines is 3. The van der Waals surface area contributed by atoms with E-state index in [4.69, 9.17) is 0 Å². The summed E-state index contributed by atoms with van der Waals surface area (Å²) in [6.45, 7) is 3.14. The van der Waals surface area contributed by atoms with Crippen LogP contribution in [0.3, 0.4) is 0 Å². The monoisotopic (exact) mass is 489 g/mol. The summed E-state index contributed by atoms with van der Waals surface area (Å²) in [6, 6.07) is 13.8. The van der Waals surface area contributed by atoms with Gasteiger partial charge in [0.25, 0.3) is 10.0 Å². The van der Waals surface area contributed by atoms with E-state index < -0.39 is 32.5 Å². The highest BCUT2D eigenvalue weighted by atomic mass is 32.2. The lowest BCUT2D eigenvalue weighted by Crippen LogP contribution is -2.37. The van der Waals surface area contributed by atoms with E-state index in [1.807, 2.05) is 6.92 Å². The average Bonchev–Trinajstić information content (AvgIpc) is 2.72.